The largest absolute Gasteiger partial charge is 0.381 e. The van der Waals surface area contributed by atoms with Crippen LogP contribution in [0.5, 0.6) is 0 Å². The number of ether oxygens (including phenoxy) is 1. The minimum atomic E-state index is 0.310. The summed E-state index contributed by atoms with van der Waals surface area (Å²) in [7, 11) is 1.97. The highest BCUT2D eigenvalue weighted by Gasteiger charge is 2.10. The van der Waals surface area contributed by atoms with Gasteiger partial charge in [-0.3, -0.25) is 0 Å². The van der Waals surface area contributed by atoms with Crippen molar-refractivity contribution in [1.29, 1.82) is 0 Å². The van der Waals surface area contributed by atoms with Gasteiger partial charge in [-0.2, -0.15) is 0 Å². The topological polar surface area (TPSA) is 21.3 Å². The molecule has 0 aliphatic carbocycles. The maximum Gasteiger partial charge on any atom is 0.0484 e. The van der Waals surface area contributed by atoms with Crippen LogP contribution in [0.4, 0.5) is 0 Å². The maximum absolute atomic E-state index is 6.14. The Kier molecular flexibility index (Phi) is 6.56. The van der Waals surface area contributed by atoms with Gasteiger partial charge in [0.25, 0.3) is 0 Å². The van der Waals surface area contributed by atoms with Gasteiger partial charge < -0.3 is 10.1 Å². The fourth-order valence-electron chi connectivity index (χ4n) is 1.75. The highest BCUT2D eigenvalue weighted by molar-refractivity contribution is 6.31. The summed E-state index contributed by atoms with van der Waals surface area (Å²) in [6.07, 6.45) is 2.04. The number of hydrogen-bond donors (Lipinski definition) is 1. The Hall–Kier alpha value is -0.570. The molecule has 0 aromatic heterocycles. The van der Waals surface area contributed by atoms with Crippen LogP contribution in [0.3, 0.4) is 0 Å². The van der Waals surface area contributed by atoms with E-state index in [0.29, 0.717) is 6.04 Å². The average molecular weight is 256 g/mol. The molecule has 0 saturated carbocycles. The smallest absolute Gasteiger partial charge is 0.0484 e. The van der Waals surface area contributed by atoms with E-state index in [9.17, 15) is 0 Å². The highest BCUT2D eigenvalue weighted by atomic mass is 35.5. The van der Waals surface area contributed by atoms with Gasteiger partial charge in [0.15, 0.2) is 0 Å². The molecule has 1 atom stereocenters. The lowest BCUT2D eigenvalue weighted by Crippen LogP contribution is -2.18. The second-order valence-corrected chi connectivity index (χ2v) is 4.66. The van der Waals surface area contributed by atoms with Gasteiger partial charge in [0.2, 0.25) is 0 Å². The summed E-state index contributed by atoms with van der Waals surface area (Å²) in [4.78, 5) is 0. The molecule has 0 aliphatic heterocycles. The van der Waals surface area contributed by atoms with Crippen molar-refractivity contribution in [3.8, 4) is 0 Å². The van der Waals surface area contributed by atoms with Gasteiger partial charge in [0.1, 0.15) is 0 Å². The molecule has 0 spiro atoms. The molecule has 2 nitrogen and oxygen atoms in total. The Bertz CT molecular complexity index is 341. The summed E-state index contributed by atoms with van der Waals surface area (Å²) >= 11 is 6.14. The van der Waals surface area contributed by atoms with Crippen LogP contribution >= 0.6 is 11.6 Å². The molecule has 0 amide bonds. The van der Waals surface area contributed by atoms with Gasteiger partial charge in [-0.25, -0.2) is 0 Å². The lowest BCUT2D eigenvalue weighted by Gasteiger charge is -2.17. The third-order valence-electron chi connectivity index (χ3n) is 2.85. The van der Waals surface area contributed by atoms with E-state index in [1.165, 1.54) is 5.56 Å². The van der Waals surface area contributed by atoms with Crippen LogP contribution in [0.25, 0.3) is 0 Å². The summed E-state index contributed by atoms with van der Waals surface area (Å²) in [6.45, 7) is 5.76. The Morgan fingerprint density at radius 1 is 1.35 bits per heavy atom. The molecular weight excluding hydrogens is 234 g/mol. The summed E-state index contributed by atoms with van der Waals surface area (Å²) in [6, 6.07) is 6.54. The molecule has 17 heavy (non-hydrogen) atoms. The van der Waals surface area contributed by atoms with E-state index in [4.69, 9.17) is 16.3 Å². The van der Waals surface area contributed by atoms with Crippen molar-refractivity contribution in [2.75, 3.05) is 20.3 Å². The van der Waals surface area contributed by atoms with E-state index < -0.39 is 0 Å². The van der Waals surface area contributed by atoms with Crippen LogP contribution < -0.4 is 5.32 Å². The Morgan fingerprint density at radius 3 is 2.71 bits per heavy atom. The fourth-order valence-corrected chi connectivity index (χ4v) is 1.94. The summed E-state index contributed by atoms with van der Waals surface area (Å²) in [5, 5.41) is 4.13. The van der Waals surface area contributed by atoms with Crippen LogP contribution in [0.2, 0.25) is 5.02 Å². The molecule has 0 fully saturated rings. The van der Waals surface area contributed by atoms with E-state index in [1.54, 1.807) is 0 Å². The first-order chi connectivity index (χ1) is 8.19. The zero-order valence-corrected chi connectivity index (χ0v) is 11.7. The molecule has 1 aromatic carbocycles. The van der Waals surface area contributed by atoms with Crippen molar-refractivity contribution in [2.45, 2.75) is 32.7 Å². The van der Waals surface area contributed by atoms with E-state index in [-0.39, 0.29) is 0 Å². The second-order valence-electron chi connectivity index (χ2n) is 4.25. The van der Waals surface area contributed by atoms with E-state index in [1.807, 2.05) is 20.0 Å². The van der Waals surface area contributed by atoms with Crippen LogP contribution in [0.1, 0.15) is 36.9 Å². The van der Waals surface area contributed by atoms with Crippen LogP contribution in [-0.4, -0.2) is 20.3 Å². The van der Waals surface area contributed by atoms with Crippen molar-refractivity contribution in [3.05, 3.63) is 34.3 Å². The molecule has 1 aromatic rings. The van der Waals surface area contributed by atoms with Crippen molar-refractivity contribution in [3.63, 3.8) is 0 Å². The van der Waals surface area contributed by atoms with Gasteiger partial charge >= 0.3 is 0 Å². The van der Waals surface area contributed by atoms with Gasteiger partial charge in [-0.1, -0.05) is 30.7 Å². The molecule has 0 bridgehead atoms. The monoisotopic (exact) mass is 255 g/mol. The lowest BCUT2D eigenvalue weighted by atomic mass is 10.0. The minimum Gasteiger partial charge on any atom is -0.381 e. The fraction of sp³-hybridized carbons (Fsp3) is 0.571. The molecule has 1 rings (SSSR count). The van der Waals surface area contributed by atoms with Gasteiger partial charge in [-0.05, 0) is 44.0 Å². The zero-order valence-electron chi connectivity index (χ0n) is 10.9. The SMILES string of the molecule is CCCOCCC(NC)c1ccc(C)c(Cl)c1. The molecule has 1 unspecified atom stereocenters. The molecule has 1 N–H and O–H groups in total. The normalized spacial score (nSPS) is 12.7. The molecule has 0 saturated heterocycles. The van der Waals surface area contributed by atoms with E-state index in [2.05, 4.69) is 24.4 Å². The van der Waals surface area contributed by atoms with Gasteiger partial charge in [0.05, 0.1) is 0 Å². The Balaban J connectivity index is 2.56. The molecule has 0 aliphatic rings. The Morgan fingerprint density at radius 2 is 2.12 bits per heavy atom. The molecule has 0 radical (unpaired) electrons. The standard InChI is InChI=1S/C14H22ClNO/c1-4-8-17-9-7-14(16-3)12-6-5-11(2)13(15)10-12/h5-6,10,14,16H,4,7-9H2,1-3H3. The van der Waals surface area contributed by atoms with Crippen molar-refractivity contribution >= 4 is 11.6 Å². The molecular formula is C14H22ClNO. The first kappa shape index (κ1) is 14.5. The minimum absolute atomic E-state index is 0.310. The van der Waals surface area contributed by atoms with E-state index >= 15 is 0 Å². The summed E-state index contributed by atoms with van der Waals surface area (Å²) in [5.41, 5.74) is 2.34. The van der Waals surface area contributed by atoms with Crippen molar-refractivity contribution < 1.29 is 4.74 Å². The number of rotatable bonds is 7. The van der Waals surface area contributed by atoms with Gasteiger partial charge in [0, 0.05) is 24.3 Å². The highest BCUT2D eigenvalue weighted by Crippen LogP contribution is 2.23. The van der Waals surface area contributed by atoms with Crippen LogP contribution in [-0.2, 0) is 4.74 Å². The zero-order chi connectivity index (χ0) is 12.7. The number of nitrogens with one attached hydrogen (secondary N) is 1. The summed E-state index contributed by atoms with van der Waals surface area (Å²) in [5.74, 6) is 0. The first-order valence-corrected chi connectivity index (χ1v) is 6.58. The van der Waals surface area contributed by atoms with Crippen LogP contribution in [0.15, 0.2) is 18.2 Å². The van der Waals surface area contributed by atoms with E-state index in [0.717, 1.165) is 36.6 Å². The quantitative estimate of drug-likeness (QED) is 0.750. The number of hydrogen-bond acceptors (Lipinski definition) is 2. The Labute approximate surface area is 109 Å². The third-order valence-corrected chi connectivity index (χ3v) is 3.25. The second kappa shape index (κ2) is 7.70. The maximum atomic E-state index is 6.14. The van der Waals surface area contributed by atoms with Crippen LogP contribution in [0, 0.1) is 6.92 Å². The van der Waals surface area contributed by atoms with Crippen molar-refractivity contribution in [2.24, 2.45) is 0 Å². The predicted octanol–water partition coefficient (Wildman–Crippen LogP) is 3.73. The number of benzene rings is 1. The van der Waals surface area contributed by atoms with Gasteiger partial charge in [-0.15, -0.1) is 0 Å². The van der Waals surface area contributed by atoms with Crippen molar-refractivity contribution in [1.82, 2.24) is 5.32 Å². The number of aryl methyl sites for hydroxylation is 1. The predicted molar refractivity (Wildman–Crippen MR) is 73.7 cm³/mol. The average Bonchev–Trinajstić information content (AvgIpc) is 2.33. The molecule has 0 heterocycles. The summed E-state index contributed by atoms with van der Waals surface area (Å²) < 4.78 is 5.52. The third kappa shape index (κ3) is 4.66. The number of halogens is 1. The lowest BCUT2D eigenvalue weighted by molar-refractivity contribution is 0.125. The molecule has 96 valence electrons. The molecule has 3 heteroatoms. The first-order valence-electron chi connectivity index (χ1n) is 6.20.